The number of aryl methyl sites for hydroxylation is 2. The molecule has 20 heavy (non-hydrogen) atoms. The van der Waals surface area contributed by atoms with Gasteiger partial charge in [0.25, 0.3) is 5.91 Å². The molecule has 0 unspecified atom stereocenters. The molecule has 1 aromatic rings. The van der Waals surface area contributed by atoms with Crippen LogP contribution in [-0.4, -0.2) is 71.7 Å². The maximum absolute atomic E-state index is 12.4. The number of H-pyrrole nitrogens is 1. The minimum Gasteiger partial charge on any atom is -0.468 e. The number of esters is 1. The fourth-order valence-corrected chi connectivity index (χ4v) is 2.38. The Morgan fingerprint density at radius 1 is 1.25 bits per heavy atom. The summed E-state index contributed by atoms with van der Waals surface area (Å²) in [6, 6.07) is 0. The Hall–Kier alpha value is -1.89. The van der Waals surface area contributed by atoms with Crippen LogP contribution in [-0.2, 0) is 9.53 Å². The van der Waals surface area contributed by atoms with Gasteiger partial charge in [-0.15, -0.1) is 0 Å². The Morgan fingerprint density at radius 3 is 2.40 bits per heavy atom. The molecule has 1 N–H and O–H groups in total. The number of carbonyl (C=O) groups is 2. The van der Waals surface area contributed by atoms with Crippen LogP contribution in [0.4, 0.5) is 0 Å². The van der Waals surface area contributed by atoms with E-state index in [2.05, 4.69) is 14.9 Å². The summed E-state index contributed by atoms with van der Waals surface area (Å²) in [6.45, 7) is 6.53. The Bertz CT molecular complexity index is 484. The molecule has 0 saturated carbocycles. The number of hydrogen-bond donors (Lipinski definition) is 1. The van der Waals surface area contributed by atoms with Gasteiger partial charge in [0, 0.05) is 31.9 Å². The molecule has 110 valence electrons. The average Bonchev–Trinajstić information content (AvgIpc) is 2.78. The van der Waals surface area contributed by atoms with Crippen LogP contribution in [0.5, 0.6) is 0 Å². The van der Waals surface area contributed by atoms with Crippen molar-refractivity contribution in [1.82, 2.24) is 20.0 Å². The van der Waals surface area contributed by atoms with Gasteiger partial charge in [-0.25, -0.2) is 0 Å². The van der Waals surface area contributed by atoms with Gasteiger partial charge in [-0.05, 0) is 13.8 Å². The van der Waals surface area contributed by atoms with Gasteiger partial charge in [0.15, 0.2) is 0 Å². The van der Waals surface area contributed by atoms with E-state index in [-0.39, 0.29) is 18.4 Å². The zero-order chi connectivity index (χ0) is 14.7. The van der Waals surface area contributed by atoms with Gasteiger partial charge in [-0.2, -0.15) is 5.10 Å². The predicted octanol–water partition coefficient (Wildman–Crippen LogP) is -0.0427. The summed E-state index contributed by atoms with van der Waals surface area (Å²) in [5.74, 6) is -0.238. The Morgan fingerprint density at radius 2 is 1.90 bits per heavy atom. The largest absolute Gasteiger partial charge is 0.468 e. The van der Waals surface area contributed by atoms with E-state index in [1.54, 1.807) is 4.90 Å². The zero-order valence-electron chi connectivity index (χ0n) is 12.1. The first-order valence-corrected chi connectivity index (χ1v) is 6.63. The van der Waals surface area contributed by atoms with Crippen LogP contribution in [0.15, 0.2) is 0 Å². The van der Waals surface area contributed by atoms with Crippen molar-refractivity contribution in [3.63, 3.8) is 0 Å². The molecular weight excluding hydrogens is 260 g/mol. The second-order valence-corrected chi connectivity index (χ2v) is 4.95. The molecule has 0 aromatic carbocycles. The number of nitrogens with one attached hydrogen (secondary N) is 1. The molecule has 2 rings (SSSR count). The lowest BCUT2D eigenvalue weighted by Gasteiger charge is -2.34. The number of piperazine rings is 1. The molecule has 1 fully saturated rings. The molecule has 1 amide bonds. The first-order chi connectivity index (χ1) is 9.52. The maximum atomic E-state index is 12.4. The summed E-state index contributed by atoms with van der Waals surface area (Å²) in [4.78, 5) is 27.5. The summed E-state index contributed by atoms with van der Waals surface area (Å²) in [5, 5.41) is 6.88. The number of methoxy groups -OCH3 is 1. The fourth-order valence-electron chi connectivity index (χ4n) is 2.38. The number of amides is 1. The number of aromatic amines is 1. The van der Waals surface area contributed by atoms with Crippen molar-refractivity contribution < 1.29 is 14.3 Å². The summed E-state index contributed by atoms with van der Waals surface area (Å²) in [6.07, 6.45) is 0. The highest BCUT2D eigenvalue weighted by Crippen LogP contribution is 2.14. The van der Waals surface area contributed by atoms with E-state index < -0.39 is 0 Å². The molecular formula is C13H20N4O3. The maximum Gasteiger partial charge on any atom is 0.319 e. The van der Waals surface area contributed by atoms with Crippen LogP contribution in [0, 0.1) is 13.8 Å². The Kier molecular flexibility index (Phi) is 4.39. The highest BCUT2D eigenvalue weighted by molar-refractivity contribution is 5.96. The molecule has 1 aliphatic heterocycles. The molecule has 0 spiro atoms. The summed E-state index contributed by atoms with van der Waals surface area (Å²) >= 11 is 0. The van der Waals surface area contributed by atoms with Gasteiger partial charge in [-0.3, -0.25) is 19.6 Å². The molecule has 0 bridgehead atoms. The number of hydrogen-bond acceptors (Lipinski definition) is 5. The molecule has 7 heteroatoms. The van der Waals surface area contributed by atoms with E-state index in [1.807, 2.05) is 18.7 Å². The van der Waals surface area contributed by atoms with E-state index in [0.717, 1.165) is 11.4 Å². The molecule has 1 saturated heterocycles. The van der Waals surface area contributed by atoms with Crippen LogP contribution >= 0.6 is 0 Å². The molecule has 1 aromatic heterocycles. The Labute approximate surface area is 117 Å². The summed E-state index contributed by atoms with van der Waals surface area (Å²) < 4.78 is 4.64. The smallest absolute Gasteiger partial charge is 0.319 e. The molecule has 0 aliphatic carbocycles. The number of carbonyl (C=O) groups excluding carboxylic acids is 2. The van der Waals surface area contributed by atoms with Crippen LogP contribution in [0.1, 0.15) is 21.7 Å². The van der Waals surface area contributed by atoms with Crippen molar-refractivity contribution in [2.24, 2.45) is 0 Å². The van der Waals surface area contributed by atoms with Crippen molar-refractivity contribution in [2.75, 3.05) is 39.8 Å². The van der Waals surface area contributed by atoms with Gasteiger partial charge in [0.05, 0.1) is 24.9 Å². The van der Waals surface area contributed by atoms with Crippen molar-refractivity contribution in [2.45, 2.75) is 13.8 Å². The Balaban J connectivity index is 1.94. The van der Waals surface area contributed by atoms with Crippen molar-refractivity contribution in [3.8, 4) is 0 Å². The van der Waals surface area contributed by atoms with Gasteiger partial charge in [0.2, 0.25) is 0 Å². The molecule has 7 nitrogen and oxygen atoms in total. The SMILES string of the molecule is COC(=O)CN1CCN(C(=O)c2c(C)n[nH]c2C)CC1. The predicted molar refractivity (Wildman–Crippen MR) is 72.4 cm³/mol. The average molecular weight is 280 g/mol. The van der Waals surface area contributed by atoms with Gasteiger partial charge < -0.3 is 9.64 Å². The minimum atomic E-state index is -0.244. The third-order valence-corrected chi connectivity index (χ3v) is 3.58. The lowest BCUT2D eigenvalue weighted by atomic mass is 10.1. The molecule has 2 heterocycles. The van der Waals surface area contributed by atoms with E-state index in [9.17, 15) is 9.59 Å². The van der Waals surface area contributed by atoms with Crippen LogP contribution in [0.3, 0.4) is 0 Å². The number of rotatable bonds is 3. The van der Waals surface area contributed by atoms with Gasteiger partial charge >= 0.3 is 5.97 Å². The monoisotopic (exact) mass is 280 g/mol. The molecule has 0 atom stereocenters. The molecule has 1 aliphatic rings. The minimum absolute atomic E-state index is 0.00599. The third-order valence-electron chi connectivity index (χ3n) is 3.58. The lowest BCUT2D eigenvalue weighted by Crippen LogP contribution is -2.50. The fraction of sp³-hybridized carbons (Fsp3) is 0.615. The standard InChI is InChI=1S/C13H20N4O3/c1-9-12(10(2)15-14-9)13(19)17-6-4-16(5-7-17)8-11(18)20-3/h4-8H2,1-3H3,(H,14,15). The molecule has 0 radical (unpaired) electrons. The second kappa shape index (κ2) is 6.04. The first kappa shape index (κ1) is 14.5. The summed E-state index contributed by atoms with van der Waals surface area (Å²) in [7, 11) is 1.38. The second-order valence-electron chi connectivity index (χ2n) is 4.95. The third kappa shape index (κ3) is 2.98. The number of nitrogens with zero attached hydrogens (tertiary/aromatic N) is 3. The van der Waals surface area contributed by atoms with Gasteiger partial charge in [0.1, 0.15) is 0 Å². The highest BCUT2D eigenvalue weighted by Gasteiger charge is 2.26. The van der Waals surface area contributed by atoms with E-state index in [0.29, 0.717) is 31.7 Å². The zero-order valence-corrected chi connectivity index (χ0v) is 12.1. The van der Waals surface area contributed by atoms with Crippen molar-refractivity contribution in [1.29, 1.82) is 0 Å². The first-order valence-electron chi connectivity index (χ1n) is 6.63. The number of aromatic nitrogens is 2. The van der Waals surface area contributed by atoms with E-state index >= 15 is 0 Å². The van der Waals surface area contributed by atoms with Crippen molar-refractivity contribution in [3.05, 3.63) is 17.0 Å². The van der Waals surface area contributed by atoms with Crippen LogP contribution in [0.25, 0.3) is 0 Å². The van der Waals surface area contributed by atoms with Crippen molar-refractivity contribution >= 4 is 11.9 Å². The van der Waals surface area contributed by atoms with Gasteiger partial charge in [-0.1, -0.05) is 0 Å². The number of ether oxygens (including phenoxy) is 1. The normalized spacial score (nSPS) is 16.2. The van der Waals surface area contributed by atoms with Crippen LogP contribution in [0.2, 0.25) is 0 Å². The summed E-state index contributed by atoms with van der Waals surface area (Å²) in [5.41, 5.74) is 2.18. The quantitative estimate of drug-likeness (QED) is 0.786. The topological polar surface area (TPSA) is 78.5 Å². The highest BCUT2D eigenvalue weighted by atomic mass is 16.5. The van der Waals surface area contributed by atoms with E-state index in [4.69, 9.17) is 0 Å². The van der Waals surface area contributed by atoms with E-state index in [1.165, 1.54) is 7.11 Å². The van der Waals surface area contributed by atoms with Crippen LogP contribution < -0.4 is 0 Å². The lowest BCUT2D eigenvalue weighted by molar-refractivity contribution is -0.142.